The van der Waals surface area contributed by atoms with Crippen molar-refractivity contribution in [1.29, 1.82) is 0 Å². The number of hydrogen-bond acceptors (Lipinski definition) is 4. The van der Waals surface area contributed by atoms with Crippen LogP contribution in [-0.2, 0) is 13.5 Å². The Balaban J connectivity index is 1.46. The summed E-state index contributed by atoms with van der Waals surface area (Å²) in [4.78, 5) is 27.2. The molecule has 5 rings (SSSR count). The summed E-state index contributed by atoms with van der Waals surface area (Å²) in [7, 11) is 1.91. The van der Waals surface area contributed by atoms with Crippen molar-refractivity contribution in [1.82, 2.24) is 14.5 Å². The van der Waals surface area contributed by atoms with Crippen LogP contribution in [0.15, 0.2) is 53.5 Å². The minimum Gasteiger partial charge on any atom is -0.490 e. The van der Waals surface area contributed by atoms with Gasteiger partial charge in [-0.15, -0.1) is 0 Å². The third kappa shape index (κ3) is 4.70. The van der Waals surface area contributed by atoms with Gasteiger partial charge < -0.3 is 23.9 Å². The molecule has 0 unspecified atom stereocenters. The van der Waals surface area contributed by atoms with Gasteiger partial charge in [0.15, 0.2) is 11.5 Å². The normalized spacial score (nSPS) is 13.9. The number of nitrogens with one attached hydrogen (secondary N) is 1. The second kappa shape index (κ2) is 10.7. The molecular formula is C30H35N3O4. The topological polar surface area (TPSA) is 74.5 Å². The van der Waals surface area contributed by atoms with Crippen LogP contribution >= 0.6 is 0 Å². The monoisotopic (exact) mass is 501 g/mol. The molecule has 0 spiro atoms. The molecule has 194 valence electrons. The molecule has 1 aliphatic carbocycles. The number of benzene rings is 2. The van der Waals surface area contributed by atoms with Crippen LogP contribution in [0.2, 0.25) is 0 Å². The fourth-order valence-electron chi connectivity index (χ4n) is 5.59. The number of hydrogen-bond donors (Lipinski definition) is 1. The number of nitrogens with zero attached hydrogens (tertiary/aromatic N) is 2. The largest absolute Gasteiger partial charge is 0.490 e. The number of para-hydroxylation sites is 1. The van der Waals surface area contributed by atoms with E-state index in [1.54, 1.807) is 6.20 Å². The van der Waals surface area contributed by atoms with Crippen molar-refractivity contribution in [3.63, 3.8) is 0 Å². The number of ether oxygens (including phenoxy) is 2. The van der Waals surface area contributed by atoms with E-state index in [2.05, 4.69) is 5.32 Å². The van der Waals surface area contributed by atoms with Gasteiger partial charge in [-0.05, 0) is 56.9 Å². The quantitative estimate of drug-likeness (QED) is 0.334. The van der Waals surface area contributed by atoms with Crippen LogP contribution < -0.4 is 20.3 Å². The van der Waals surface area contributed by atoms with E-state index < -0.39 is 0 Å². The number of amides is 1. The molecule has 2 heterocycles. The van der Waals surface area contributed by atoms with Gasteiger partial charge in [-0.3, -0.25) is 9.59 Å². The lowest BCUT2D eigenvalue weighted by Crippen LogP contribution is -2.30. The molecule has 1 aliphatic rings. The highest BCUT2D eigenvalue weighted by Crippen LogP contribution is 2.33. The minimum absolute atomic E-state index is 0.0185. The second-order valence-corrected chi connectivity index (χ2v) is 9.65. The Labute approximate surface area is 217 Å². The Morgan fingerprint density at radius 3 is 2.51 bits per heavy atom. The number of pyridine rings is 1. The third-order valence-corrected chi connectivity index (χ3v) is 7.35. The lowest BCUT2D eigenvalue weighted by Gasteiger charge is -2.17. The van der Waals surface area contributed by atoms with Crippen LogP contribution in [0.3, 0.4) is 0 Å². The highest BCUT2D eigenvalue weighted by molar-refractivity contribution is 6.17. The van der Waals surface area contributed by atoms with E-state index in [9.17, 15) is 9.59 Å². The number of aryl methyl sites for hydroxylation is 1. The van der Waals surface area contributed by atoms with Crippen LogP contribution in [0.4, 0.5) is 0 Å². The van der Waals surface area contributed by atoms with Crippen molar-refractivity contribution in [2.45, 2.75) is 52.0 Å². The molecule has 0 radical (unpaired) electrons. The van der Waals surface area contributed by atoms with Crippen molar-refractivity contribution >= 4 is 27.7 Å². The zero-order valence-electron chi connectivity index (χ0n) is 21.9. The summed E-state index contributed by atoms with van der Waals surface area (Å²) in [6.07, 6.45) is 6.60. The Morgan fingerprint density at radius 1 is 1.03 bits per heavy atom. The lowest BCUT2D eigenvalue weighted by atomic mass is 10.1. The van der Waals surface area contributed by atoms with E-state index in [0.717, 1.165) is 53.3 Å². The van der Waals surface area contributed by atoms with E-state index >= 15 is 0 Å². The molecule has 0 atom stereocenters. The summed E-state index contributed by atoms with van der Waals surface area (Å²) < 4.78 is 15.2. The van der Waals surface area contributed by atoms with Gasteiger partial charge in [-0.2, -0.15) is 0 Å². The van der Waals surface area contributed by atoms with Crippen molar-refractivity contribution < 1.29 is 14.3 Å². The van der Waals surface area contributed by atoms with Gasteiger partial charge in [0.05, 0.1) is 18.8 Å². The predicted molar refractivity (Wildman–Crippen MR) is 147 cm³/mol. The average Bonchev–Trinajstić information content (AvgIpc) is 3.54. The first-order valence-corrected chi connectivity index (χ1v) is 13.3. The summed E-state index contributed by atoms with van der Waals surface area (Å²) in [5, 5.41) is 4.76. The zero-order valence-corrected chi connectivity index (χ0v) is 21.9. The molecule has 1 amide bonds. The molecule has 2 aromatic heterocycles. The molecular weight excluding hydrogens is 466 g/mol. The van der Waals surface area contributed by atoms with Crippen molar-refractivity contribution in [2.75, 3.05) is 19.8 Å². The summed E-state index contributed by atoms with van der Waals surface area (Å²) in [5.41, 5.74) is 3.13. The highest BCUT2D eigenvalue weighted by Gasteiger charge is 2.25. The molecule has 37 heavy (non-hydrogen) atoms. The maximum atomic E-state index is 13.6. The molecule has 2 aromatic carbocycles. The fourth-order valence-corrected chi connectivity index (χ4v) is 5.59. The summed E-state index contributed by atoms with van der Waals surface area (Å²) in [6.45, 7) is 5.48. The molecule has 1 fully saturated rings. The Hall–Kier alpha value is -3.74. The number of carbonyl (C=O) groups is 1. The maximum absolute atomic E-state index is 13.6. The van der Waals surface area contributed by atoms with E-state index in [4.69, 9.17) is 9.47 Å². The van der Waals surface area contributed by atoms with Gasteiger partial charge in [0.2, 0.25) is 0 Å². The lowest BCUT2D eigenvalue weighted by molar-refractivity contribution is 0.0955. The standard InChI is InChI=1S/C30H35N3O4/c1-4-36-25-15-14-20(18-26(25)37-5-2)16-17-31-29(34)23-19-33(21-10-6-7-11-21)30(35)28-27(23)22-12-8-9-13-24(22)32(28)3/h8-9,12-15,18-19,21H,4-7,10-11,16-17H2,1-3H3,(H,31,34). The van der Waals surface area contributed by atoms with E-state index in [-0.39, 0.29) is 17.5 Å². The van der Waals surface area contributed by atoms with Crippen molar-refractivity contribution in [3.05, 3.63) is 70.1 Å². The predicted octanol–water partition coefficient (Wildman–Crippen LogP) is 5.38. The first-order chi connectivity index (χ1) is 18.0. The summed E-state index contributed by atoms with van der Waals surface area (Å²) in [5.74, 6) is 1.28. The Bertz CT molecular complexity index is 1490. The number of fused-ring (bicyclic) bond motifs is 3. The van der Waals surface area contributed by atoms with Crippen molar-refractivity contribution in [3.8, 4) is 11.5 Å². The van der Waals surface area contributed by atoms with E-state index in [1.165, 1.54) is 0 Å². The average molecular weight is 502 g/mol. The molecule has 1 saturated carbocycles. The number of carbonyl (C=O) groups excluding carboxylic acids is 1. The SMILES string of the molecule is CCOc1ccc(CCNC(=O)c2cn(C3CCCC3)c(=O)c3c2c2ccccc2n3C)cc1OCC. The summed E-state index contributed by atoms with van der Waals surface area (Å²) >= 11 is 0. The summed E-state index contributed by atoms with van der Waals surface area (Å²) in [6, 6.07) is 13.9. The number of rotatable bonds is 9. The van der Waals surface area contributed by atoms with Gasteiger partial charge in [0.25, 0.3) is 11.5 Å². The molecule has 7 nitrogen and oxygen atoms in total. The third-order valence-electron chi connectivity index (χ3n) is 7.35. The Morgan fingerprint density at radius 2 is 1.76 bits per heavy atom. The molecule has 0 saturated heterocycles. The zero-order chi connectivity index (χ0) is 25.9. The van der Waals surface area contributed by atoms with Gasteiger partial charge >= 0.3 is 0 Å². The molecule has 0 aliphatic heterocycles. The first kappa shape index (κ1) is 24.9. The second-order valence-electron chi connectivity index (χ2n) is 9.65. The molecule has 7 heteroatoms. The van der Waals surface area contributed by atoms with Gasteiger partial charge in [0, 0.05) is 42.1 Å². The van der Waals surface area contributed by atoms with E-state index in [1.807, 2.05) is 72.5 Å². The molecule has 4 aromatic rings. The smallest absolute Gasteiger partial charge is 0.275 e. The Kier molecular flexibility index (Phi) is 7.22. The van der Waals surface area contributed by atoms with Crippen LogP contribution in [-0.4, -0.2) is 34.8 Å². The molecule has 0 bridgehead atoms. The van der Waals surface area contributed by atoms with Gasteiger partial charge in [-0.25, -0.2) is 0 Å². The fraction of sp³-hybridized carbons (Fsp3) is 0.400. The maximum Gasteiger partial charge on any atom is 0.275 e. The van der Waals surface area contributed by atoms with Crippen LogP contribution in [0.5, 0.6) is 11.5 Å². The van der Waals surface area contributed by atoms with Crippen LogP contribution in [0.25, 0.3) is 21.8 Å². The number of aromatic nitrogens is 2. The van der Waals surface area contributed by atoms with E-state index in [0.29, 0.717) is 43.0 Å². The first-order valence-electron chi connectivity index (χ1n) is 13.3. The minimum atomic E-state index is -0.163. The van der Waals surface area contributed by atoms with Gasteiger partial charge in [-0.1, -0.05) is 37.1 Å². The molecule has 1 N–H and O–H groups in total. The van der Waals surface area contributed by atoms with Gasteiger partial charge in [0.1, 0.15) is 5.52 Å². The van der Waals surface area contributed by atoms with Crippen LogP contribution in [0.1, 0.15) is 61.5 Å². The van der Waals surface area contributed by atoms with Crippen LogP contribution in [0, 0.1) is 0 Å². The van der Waals surface area contributed by atoms with Crippen molar-refractivity contribution in [2.24, 2.45) is 7.05 Å². The highest BCUT2D eigenvalue weighted by atomic mass is 16.5.